The van der Waals surface area contributed by atoms with Crippen molar-refractivity contribution in [3.05, 3.63) is 29.6 Å². The quantitative estimate of drug-likeness (QED) is 0.756. The number of hydrogen-bond acceptors (Lipinski definition) is 2. The van der Waals surface area contributed by atoms with Crippen molar-refractivity contribution in [1.82, 2.24) is 4.98 Å². The molecule has 0 saturated heterocycles. The van der Waals surface area contributed by atoms with Gasteiger partial charge in [-0.15, -0.1) is 0 Å². The van der Waals surface area contributed by atoms with E-state index < -0.39 is 0 Å². The van der Waals surface area contributed by atoms with Crippen molar-refractivity contribution in [3.63, 3.8) is 0 Å². The van der Waals surface area contributed by atoms with Gasteiger partial charge in [0.25, 0.3) is 0 Å². The Morgan fingerprint density at radius 2 is 2.00 bits per heavy atom. The van der Waals surface area contributed by atoms with E-state index in [2.05, 4.69) is 50.9 Å². The van der Waals surface area contributed by atoms with Crippen LogP contribution in [0.15, 0.2) is 18.2 Å². The van der Waals surface area contributed by atoms with Crippen LogP contribution in [-0.2, 0) is 10.2 Å². The van der Waals surface area contributed by atoms with Crippen molar-refractivity contribution in [3.8, 4) is 0 Å². The lowest BCUT2D eigenvalue weighted by Crippen LogP contribution is -2.25. The summed E-state index contributed by atoms with van der Waals surface area (Å²) in [4.78, 5) is 4.68. The molecule has 0 unspecified atom stereocenters. The van der Waals surface area contributed by atoms with Gasteiger partial charge in [0.15, 0.2) is 0 Å². The van der Waals surface area contributed by atoms with Crippen LogP contribution >= 0.6 is 0 Å². The molecule has 0 amide bonds. The van der Waals surface area contributed by atoms with E-state index in [-0.39, 0.29) is 5.41 Å². The van der Waals surface area contributed by atoms with E-state index in [1.807, 2.05) is 0 Å². The number of hydrogen-bond donors (Lipinski definition) is 0. The van der Waals surface area contributed by atoms with Crippen molar-refractivity contribution in [2.45, 2.75) is 39.0 Å². The van der Waals surface area contributed by atoms with Gasteiger partial charge in [0, 0.05) is 23.9 Å². The Kier molecular flexibility index (Phi) is 3.86. The van der Waals surface area contributed by atoms with Crippen LogP contribution in [0.2, 0.25) is 0 Å². The topological polar surface area (TPSA) is 22.1 Å². The van der Waals surface area contributed by atoms with Crippen LogP contribution in [0.5, 0.6) is 0 Å². The van der Waals surface area contributed by atoms with Crippen LogP contribution in [0.3, 0.4) is 0 Å². The third-order valence-electron chi connectivity index (χ3n) is 2.56. The second-order valence-electron chi connectivity index (χ2n) is 4.92. The normalized spacial score (nSPS) is 12.1. The molecule has 0 aliphatic heterocycles. The molecule has 1 aromatic heterocycles. The van der Waals surface area contributed by atoms with Crippen molar-refractivity contribution in [2.75, 3.05) is 13.7 Å². The number of rotatable bonds is 4. The molecular formula is C13H21NO. The Morgan fingerprint density at radius 1 is 1.33 bits per heavy atom. The molecular weight excluding hydrogens is 186 g/mol. The lowest BCUT2D eigenvalue weighted by atomic mass is 9.89. The van der Waals surface area contributed by atoms with Gasteiger partial charge >= 0.3 is 0 Å². The first-order chi connectivity index (χ1) is 6.97. The van der Waals surface area contributed by atoms with Crippen molar-refractivity contribution in [2.24, 2.45) is 0 Å². The highest BCUT2D eigenvalue weighted by molar-refractivity contribution is 5.20. The number of methoxy groups -OCH3 is 1. The molecule has 1 heterocycles. The lowest BCUT2D eigenvalue weighted by molar-refractivity contribution is 0.144. The zero-order chi connectivity index (χ0) is 11.5. The standard InChI is InChI=1S/C13H21NO/c1-10(2)11-7-6-8-12(14-11)13(3,4)9-15-5/h6-8,10H,9H2,1-5H3. The molecule has 1 rings (SSSR count). The zero-order valence-corrected chi connectivity index (χ0v) is 10.4. The van der Waals surface area contributed by atoms with Gasteiger partial charge < -0.3 is 4.74 Å². The van der Waals surface area contributed by atoms with Crippen LogP contribution in [0.25, 0.3) is 0 Å². The van der Waals surface area contributed by atoms with Gasteiger partial charge in [-0.05, 0) is 18.1 Å². The fraction of sp³-hybridized carbons (Fsp3) is 0.615. The molecule has 0 aliphatic rings. The predicted octanol–water partition coefficient (Wildman–Crippen LogP) is 3.13. The highest BCUT2D eigenvalue weighted by atomic mass is 16.5. The summed E-state index contributed by atoms with van der Waals surface area (Å²) in [5, 5.41) is 0. The highest BCUT2D eigenvalue weighted by Crippen LogP contribution is 2.23. The third kappa shape index (κ3) is 3.03. The fourth-order valence-corrected chi connectivity index (χ4v) is 1.58. The molecule has 84 valence electrons. The van der Waals surface area contributed by atoms with Crippen LogP contribution in [-0.4, -0.2) is 18.7 Å². The average molecular weight is 207 g/mol. The molecule has 0 spiro atoms. The first kappa shape index (κ1) is 12.2. The fourth-order valence-electron chi connectivity index (χ4n) is 1.58. The van der Waals surface area contributed by atoms with Gasteiger partial charge in [0.2, 0.25) is 0 Å². The smallest absolute Gasteiger partial charge is 0.0568 e. The number of aromatic nitrogens is 1. The Hall–Kier alpha value is -0.890. The van der Waals surface area contributed by atoms with Crippen LogP contribution in [0, 0.1) is 0 Å². The number of nitrogens with zero attached hydrogens (tertiary/aromatic N) is 1. The Morgan fingerprint density at radius 3 is 2.53 bits per heavy atom. The monoisotopic (exact) mass is 207 g/mol. The third-order valence-corrected chi connectivity index (χ3v) is 2.56. The van der Waals surface area contributed by atoms with Crippen molar-refractivity contribution >= 4 is 0 Å². The number of ether oxygens (including phenoxy) is 1. The van der Waals surface area contributed by atoms with Gasteiger partial charge in [0.1, 0.15) is 0 Å². The van der Waals surface area contributed by atoms with Gasteiger partial charge in [-0.3, -0.25) is 4.98 Å². The maximum atomic E-state index is 5.22. The molecule has 0 bridgehead atoms. The van der Waals surface area contributed by atoms with E-state index in [0.717, 1.165) is 11.4 Å². The summed E-state index contributed by atoms with van der Waals surface area (Å²) < 4.78 is 5.22. The lowest BCUT2D eigenvalue weighted by Gasteiger charge is -2.23. The van der Waals surface area contributed by atoms with E-state index >= 15 is 0 Å². The molecule has 0 N–H and O–H groups in total. The molecule has 0 atom stereocenters. The SMILES string of the molecule is COCC(C)(C)c1cccc(C(C)C)n1. The Labute approximate surface area is 92.7 Å². The molecule has 0 saturated carbocycles. The van der Waals surface area contributed by atoms with Gasteiger partial charge in [-0.25, -0.2) is 0 Å². The van der Waals surface area contributed by atoms with E-state index in [0.29, 0.717) is 12.5 Å². The second-order valence-corrected chi connectivity index (χ2v) is 4.92. The predicted molar refractivity (Wildman–Crippen MR) is 63.2 cm³/mol. The molecule has 2 nitrogen and oxygen atoms in total. The molecule has 0 aliphatic carbocycles. The molecule has 0 aromatic carbocycles. The molecule has 0 radical (unpaired) electrons. The molecule has 2 heteroatoms. The van der Waals surface area contributed by atoms with E-state index in [9.17, 15) is 0 Å². The largest absolute Gasteiger partial charge is 0.384 e. The van der Waals surface area contributed by atoms with Crippen molar-refractivity contribution < 1.29 is 4.74 Å². The summed E-state index contributed by atoms with van der Waals surface area (Å²) in [5.74, 6) is 0.475. The maximum Gasteiger partial charge on any atom is 0.0568 e. The minimum absolute atomic E-state index is 0.0142. The van der Waals surface area contributed by atoms with Crippen LogP contribution in [0.1, 0.15) is 45.0 Å². The van der Waals surface area contributed by atoms with Gasteiger partial charge in [-0.2, -0.15) is 0 Å². The van der Waals surface area contributed by atoms with Crippen molar-refractivity contribution in [1.29, 1.82) is 0 Å². The first-order valence-electron chi connectivity index (χ1n) is 5.44. The van der Waals surface area contributed by atoms with Gasteiger partial charge in [0.05, 0.1) is 6.61 Å². The Balaban J connectivity index is 2.99. The highest BCUT2D eigenvalue weighted by Gasteiger charge is 2.22. The first-order valence-corrected chi connectivity index (χ1v) is 5.44. The van der Waals surface area contributed by atoms with Crippen LogP contribution in [0.4, 0.5) is 0 Å². The molecule has 15 heavy (non-hydrogen) atoms. The maximum absolute atomic E-state index is 5.22. The summed E-state index contributed by atoms with van der Waals surface area (Å²) in [6.45, 7) is 9.33. The summed E-state index contributed by atoms with van der Waals surface area (Å²) in [7, 11) is 1.73. The van der Waals surface area contributed by atoms with Gasteiger partial charge in [-0.1, -0.05) is 33.8 Å². The van der Waals surface area contributed by atoms with E-state index in [1.165, 1.54) is 0 Å². The zero-order valence-electron chi connectivity index (χ0n) is 10.4. The number of pyridine rings is 1. The Bertz CT molecular complexity index is 318. The second kappa shape index (κ2) is 4.75. The molecule has 0 fully saturated rings. The van der Waals surface area contributed by atoms with E-state index in [4.69, 9.17) is 4.74 Å². The summed E-state index contributed by atoms with van der Waals surface area (Å²) in [6, 6.07) is 6.23. The molecule has 1 aromatic rings. The summed E-state index contributed by atoms with van der Waals surface area (Å²) in [6.07, 6.45) is 0. The summed E-state index contributed by atoms with van der Waals surface area (Å²) >= 11 is 0. The summed E-state index contributed by atoms with van der Waals surface area (Å²) in [5.41, 5.74) is 2.24. The van der Waals surface area contributed by atoms with E-state index in [1.54, 1.807) is 7.11 Å². The minimum atomic E-state index is -0.0142. The van der Waals surface area contributed by atoms with Crippen LogP contribution < -0.4 is 0 Å². The minimum Gasteiger partial charge on any atom is -0.384 e. The average Bonchev–Trinajstić information content (AvgIpc) is 2.18.